The van der Waals surface area contributed by atoms with Crippen molar-refractivity contribution in [2.24, 2.45) is 5.73 Å². The highest BCUT2D eigenvalue weighted by Crippen LogP contribution is 2.30. The van der Waals surface area contributed by atoms with E-state index < -0.39 is 5.97 Å². The summed E-state index contributed by atoms with van der Waals surface area (Å²) in [6.07, 6.45) is 2.86. The number of aromatic carboxylic acids is 1. The molecule has 1 heterocycles. The largest absolute Gasteiger partial charge is 0.478 e. The zero-order valence-corrected chi connectivity index (χ0v) is 18.3. The summed E-state index contributed by atoms with van der Waals surface area (Å²) in [4.78, 5) is 33.8. The lowest BCUT2D eigenvalue weighted by atomic mass is 9.96. The highest BCUT2D eigenvalue weighted by molar-refractivity contribution is 5.98. The van der Waals surface area contributed by atoms with Crippen LogP contribution < -0.4 is 11.2 Å². The van der Waals surface area contributed by atoms with E-state index in [2.05, 4.69) is 0 Å². The fourth-order valence-corrected chi connectivity index (χ4v) is 3.58. The summed E-state index contributed by atoms with van der Waals surface area (Å²) in [6.45, 7) is 0. The molecule has 2 aromatic rings. The minimum absolute atomic E-state index is 0.00870. The first-order valence-corrected chi connectivity index (χ1v) is 10.6. The number of hydrogen-bond donors (Lipinski definition) is 2. The van der Waals surface area contributed by atoms with Crippen molar-refractivity contribution in [1.29, 1.82) is 5.26 Å². The number of nitrogens with zero attached hydrogens (tertiary/aromatic N) is 2. The summed E-state index contributed by atoms with van der Waals surface area (Å²) in [5.41, 5.74) is 7.98. The third-order valence-corrected chi connectivity index (χ3v) is 5.14. The molecule has 1 aliphatic carbocycles. The van der Waals surface area contributed by atoms with E-state index in [1.165, 1.54) is 12.1 Å². The number of fused-ring (bicyclic) bond motifs is 1. The maximum Gasteiger partial charge on any atom is 0.338 e. The van der Waals surface area contributed by atoms with Crippen molar-refractivity contribution in [3.8, 4) is 22.9 Å². The van der Waals surface area contributed by atoms with Crippen LogP contribution in [-0.2, 0) is 17.6 Å². The van der Waals surface area contributed by atoms with Crippen molar-refractivity contribution >= 4 is 11.9 Å². The number of nitrogens with two attached hydrogens (primary N) is 1. The van der Waals surface area contributed by atoms with Crippen molar-refractivity contribution in [1.82, 2.24) is 4.57 Å². The molecule has 34 heavy (non-hydrogen) atoms. The number of benzene rings is 3. The second kappa shape index (κ2) is 11.2. The zero-order valence-electron chi connectivity index (χ0n) is 18.3. The first-order chi connectivity index (χ1) is 16.4. The number of rotatable bonds is 6. The van der Waals surface area contributed by atoms with Gasteiger partial charge in [0.25, 0.3) is 0 Å². The van der Waals surface area contributed by atoms with Gasteiger partial charge in [-0.1, -0.05) is 48.5 Å². The topological polar surface area (TPSA) is 126 Å². The zero-order chi connectivity index (χ0) is 24.5. The molecule has 1 amide bonds. The molecule has 2 aromatic carbocycles. The van der Waals surface area contributed by atoms with Gasteiger partial charge in [0.05, 0.1) is 23.7 Å². The van der Waals surface area contributed by atoms with Crippen LogP contribution in [0.2, 0.25) is 0 Å². The van der Waals surface area contributed by atoms with Gasteiger partial charge in [-0.2, -0.15) is 5.26 Å². The predicted molar refractivity (Wildman–Crippen MR) is 129 cm³/mol. The Labute approximate surface area is 196 Å². The molecule has 1 aliphatic heterocycles. The number of amides is 1. The van der Waals surface area contributed by atoms with Gasteiger partial charge in [0.2, 0.25) is 5.91 Å². The number of carboxylic acids is 1. The monoisotopic (exact) mass is 453 g/mol. The van der Waals surface area contributed by atoms with Crippen molar-refractivity contribution < 1.29 is 14.7 Å². The van der Waals surface area contributed by atoms with Crippen LogP contribution in [0.5, 0.6) is 0 Å². The van der Waals surface area contributed by atoms with Crippen LogP contribution in [-0.4, -0.2) is 21.6 Å². The van der Waals surface area contributed by atoms with Crippen molar-refractivity contribution in [2.75, 3.05) is 0 Å². The Morgan fingerprint density at radius 3 is 2.21 bits per heavy atom. The molecule has 0 bridgehead atoms. The first-order valence-electron chi connectivity index (χ1n) is 10.6. The van der Waals surface area contributed by atoms with E-state index in [9.17, 15) is 19.5 Å². The third kappa shape index (κ3) is 5.96. The number of carbonyl (C=O) groups is 2. The molecule has 0 aromatic heterocycles. The molecule has 170 valence electrons. The number of para-hydroxylation sites is 1. The number of carboxylic acid groups (broad SMARTS) is 1. The van der Waals surface area contributed by atoms with Crippen LogP contribution in [0.15, 0.2) is 89.9 Å². The number of aromatic nitrogens is 1. The van der Waals surface area contributed by atoms with Gasteiger partial charge in [-0.15, -0.1) is 0 Å². The molecule has 7 nitrogen and oxygen atoms in total. The Hall–Kier alpha value is -4.70. The van der Waals surface area contributed by atoms with E-state index >= 15 is 0 Å². The smallest absolute Gasteiger partial charge is 0.338 e. The molecular weight excluding hydrogens is 430 g/mol. The summed E-state index contributed by atoms with van der Waals surface area (Å²) < 4.78 is 1.69. The summed E-state index contributed by atoms with van der Waals surface area (Å²) >= 11 is 0. The van der Waals surface area contributed by atoms with E-state index in [0.29, 0.717) is 23.2 Å². The Kier molecular flexibility index (Phi) is 7.93. The number of nitriles is 1. The van der Waals surface area contributed by atoms with Crippen molar-refractivity contribution in [2.45, 2.75) is 19.3 Å². The normalized spacial score (nSPS) is 10.1. The maximum absolute atomic E-state index is 11.8. The van der Waals surface area contributed by atoms with Crippen molar-refractivity contribution in [3.05, 3.63) is 112 Å². The average molecular weight is 453 g/mol. The number of primary amides is 1. The van der Waals surface area contributed by atoms with Gasteiger partial charge >= 0.3 is 5.97 Å². The van der Waals surface area contributed by atoms with E-state index in [-0.39, 0.29) is 23.3 Å². The minimum Gasteiger partial charge on any atom is -0.478 e. The second-order valence-electron chi connectivity index (χ2n) is 7.50. The predicted octanol–water partition coefficient (Wildman–Crippen LogP) is 3.81. The average Bonchev–Trinajstić information content (AvgIpc) is 2.84. The molecule has 0 spiro atoms. The van der Waals surface area contributed by atoms with Crippen LogP contribution in [0.4, 0.5) is 0 Å². The van der Waals surface area contributed by atoms with E-state index in [1.54, 1.807) is 16.8 Å². The molecule has 0 radical (unpaired) electrons. The molecule has 4 rings (SSSR count). The Morgan fingerprint density at radius 1 is 0.971 bits per heavy atom. The number of carbonyl (C=O) groups excluding carboxylic acids is 1. The van der Waals surface area contributed by atoms with Gasteiger partial charge in [-0.25, -0.2) is 4.79 Å². The Balaban J connectivity index is 0.000000248. The van der Waals surface area contributed by atoms with E-state index in [4.69, 9.17) is 11.0 Å². The molecular formula is C27H23N3O4. The van der Waals surface area contributed by atoms with Crippen LogP contribution in [0.1, 0.15) is 28.0 Å². The summed E-state index contributed by atoms with van der Waals surface area (Å²) in [6, 6.07) is 25.3. The maximum atomic E-state index is 11.8. The van der Waals surface area contributed by atoms with Crippen LogP contribution in [0, 0.1) is 11.3 Å². The van der Waals surface area contributed by atoms with E-state index in [1.807, 2.05) is 66.7 Å². The van der Waals surface area contributed by atoms with Gasteiger partial charge in [-0.3, -0.25) is 9.59 Å². The Bertz CT molecular complexity index is 1360. The Morgan fingerprint density at radius 2 is 1.62 bits per heavy atom. The molecule has 2 aliphatic rings. The molecule has 0 saturated heterocycles. The van der Waals surface area contributed by atoms with Gasteiger partial charge in [0.15, 0.2) is 5.43 Å². The van der Waals surface area contributed by atoms with Gasteiger partial charge in [-0.05, 0) is 47.9 Å². The van der Waals surface area contributed by atoms with E-state index in [0.717, 1.165) is 17.7 Å². The fraction of sp³-hybridized carbons (Fsp3) is 0.111. The van der Waals surface area contributed by atoms with Crippen LogP contribution in [0.25, 0.3) is 16.8 Å². The number of aryl methyl sites for hydroxylation is 1. The highest BCUT2D eigenvalue weighted by atomic mass is 16.4. The molecule has 7 heteroatoms. The van der Waals surface area contributed by atoms with Gasteiger partial charge in [0, 0.05) is 23.9 Å². The number of hydrogen-bond acceptors (Lipinski definition) is 4. The lowest BCUT2D eigenvalue weighted by Crippen LogP contribution is -2.16. The van der Waals surface area contributed by atoms with Gasteiger partial charge < -0.3 is 15.4 Å². The highest BCUT2D eigenvalue weighted by Gasteiger charge is 2.22. The van der Waals surface area contributed by atoms with Crippen LogP contribution >= 0.6 is 0 Å². The summed E-state index contributed by atoms with van der Waals surface area (Å²) in [5, 5.41) is 18.7. The minimum atomic E-state index is -1.16. The SMILES string of the molecule is N#CCc1c(C(=O)O)c2cc(=O)ccc-2cn1-c1ccccc1.NC(=O)CCc1ccccc1. The quantitative estimate of drug-likeness (QED) is 0.459. The van der Waals surface area contributed by atoms with Crippen LogP contribution in [0.3, 0.4) is 0 Å². The second-order valence-corrected chi connectivity index (χ2v) is 7.50. The third-order valence-electron chi connectivity index (χ3n) is 5.14. The molecule has 0 unspecified atom stereocenters. The lowest BCUT2D eigenvalue weighted by molar-refractivity contribution is -0.117. The summed E-state index contributed by atoms with van der Waals surface area (Å²) in [7, 11) is 0. The molecule has 0 saturated carbocycles. The molecule has 3 N–H and O–H groups in total. The first kappa shape index (κ1) is 24.0. The standard InChI is InChI=1S/C18H12N2O3.C9H11NO/c19-9-8-16-17(18(22)23)15-10-14(21)7-6-12(15)11-20(16)13-4-2-1-3-5-13;10-9(11)7-6-8-4-2-1-3-5-8/h1-7,10-11H,8H2,(H,22,23);1-5H,6-7H2,(H2,10,11). The lowest BCUT2D eigenvalue weighted by Gasteiger charge is -2.20. The molecule has 0 atom stereocenters. The van der Waals surface area contributed by atoms with Gasteiger partial charge in [0.1, 0.15) is 0 Å². The molecule has 0 fully saturated rings. The summed E-state index contributed by atoms with van der Waals surface area (Å²) in [5.74, 6) is -1.40. The fourth-order valence-electron chi connectivity index (χ4n) is 3.58. The number of pyridine rings is 1. The van der Waals surface area contributed by atoms with Crippen molar-refractivity contribution in [3.63, 3.8) is 0 Å².